The highest BCUT2D eigenvalue weighted by atomic mass is 16.2. The number of hydrogen-bond acceptors (Lipinski definition) is 3. The van der Waals surface area contributed by atoms with Gasteiger partial charge < -0.3 is 0 Å². The van der Waals surface area contributed by atoms with E-state index in [2.05, 4.69) is 4.98 Å². The molecule has 3 rings (SSSR count). The number of carbonyl (C=O) groups excluding carboxylic acids is 2. The Morgan fingerprint density at radius 3 is 2.70 bits per heavy atom. The summed E-state index contributed by atoms with van der Waals surface area (Å²) in [6.45, 7) is 2.03. The number of benzene rings is 1. The third kappa shape index (κ3) is 1.90. The van der Waals surface area contributed by atoms with Crippen LogP contribution < -0.4 is 0 Å². The molecule has 100 valence electrons. The van der Waals surface area contributed by atoms with Crippen LogP contribution in [0.5, 0.6) is 0 Å². The van der Waals surface area contributed by atoms with Crippen molar-refractivity contribution in [3.05, 3.63) is 53.2 Å². The fraction of sp³-hybridized carbons (Fsp3) is 0.188. The first kappa shape index (κ1) is 12.5. The zero-order chi connectivity index (χ0) is 14.3. The number of fused-ring (bicyclic) bond motifs is 1. The number of imide groups is 1. The second-order valence-electron chi connectivity index (χ2n) is 4.99. The van der Waals surface area contributed by atoms with E-state index >= 15 is 0 Å². The Bertz CT molecular complexity index is 762. The number of amides is 2. The average Bonchev–Trinajstić information content (AvgIpc) is 2.70. The number of pyridine rings is 1. The molecule has 4 nitrogen and oxygen atoms in total. The van der Waals surface area contributed by atoms with Crippen molar-refractivity contribution < 1.29 is 9.59 Å². The van der Waals surface area contributed by atoms with Crippen molar-refractivity contribution in [3.63, 3.8) is 0 Å². The number of likely N-dealkylation sites (N-methyl/N-ethyl adjacent to an activating group) is 1. The molecule has 4 heteroatoms. The number of hydrogen-bond donors (Lipinski definition) is 0. The summed E-state index contributed by atoms with van der Waals surface area (Å²) >= 11 is 0. The molecular formula is C16H14N2O2. The maximum atomic E-state index is 11.9. The van der Waals surface area contributed by atoms with E-state index in [0.29, 0.717) is 12.0 Å². The second-order valence-corrected chi connectivity index (χ2v) is 4.99. The highest BCUT2D eigenvalue weighted by Crippen LogP contribution is 2.24. The fourth-order valence-electron chi connectivity index (χ4n) is 2.47. The molecule has 2 heterocycles. The van der Waals surface area contributed by atoms with Gasteiger partial charge in [-0.2, -0.15) is 0 Å². The number of nitrogens with zero attached hydrogens (tertiary/aromatic N) is 2. The topological polar surface area (TPSA) is 50.3 Å². The van der Waals surface area contributed by atoms with Gasteiger partial charge >= 0.3 is 0 Å². The van der Waals surface area contributed by atoms with Gasteiger partial charge in [-0.25, -0.2) is 0 Å². The van der Waals surface area contributed by atoms with E-state index in [1.807, 2.05) is 31.2 Å². The number of rotatable bonds is 2. The first-order chi connectivity index (χ1) is 9.58. The lowest BCUT2D eigenvalue weighted by atomic mass is 9.99. The Kier molecular flexibility index (Phi) is 2.86. The molecule has 1 aromatic heterocycles. The van der Waals surface area contributed by atoms with Crippen molar-refractivity contribution in [3.8, 4) is 0 Å². The summed E-state index contributed by atoms with van der Waals surface area (Å²) in [4.78, 5) is 29.0. The van der Waals surface area contributed by atoms with Crippen LogP contribution in [0.15, 0.2) is 42.1 Å². The van der Waals surface area contributed by atoms with Crippen molar-refractivity contribution in [2.24, 2.45) is 0 Å². The van der Waals surface area contributed by atoms with Gasteiger partial charge in [0, 0.05) is 36.7 Å². The first-order valence-corrected chi connectivity index (χ1v) is 6.43. The quantitative estimate of drug-likeness (QED) is 0.781. The minimum Gasteiger partial charge on any atom is -0.278 e. The summed E-state index contributed by atoms with van der Waals surface area (Å²) in [6.07, 6.45) is 3.59. The molecule has 0 N–H and O–H groups in total. The van der Waals surface area contributed by atoms with E-state index in [0.717, 1.165) is 26.9 Å². The van der Waals surface area contributed by atoms with Gasteiger partial charge in [0.2, 0.25) is 0 Å². The van der Waals surface area contributed by atoms with Crippen LogP contribution in [0.3, 0.4) is 0 Å². The van der Waals surface area contributed by atoms with Crippen LogP contribution >= 0.6 is 0 Å². The van der Waals surface area contributed by atoms with Crippen molar-refractivity contribution in [1.82, 2.24) is 9.88 Å². The van der Waals surface area contributed by atoms with E-state index in [-0.39, 0.29) is 11.8 Å². The van der Waals surface area contributed by atoms with Crippen molar-refractivity contribution in [2.75, 3.05) is 7.05 Å². The van der Waals surface area contributed by atoms with Crippen LogP contribution in [-0.4, -0.2) is 28.7 Å². The largest absolute Gasteiger partial charge is 0.278 e. The molecule has 0 unspecified atom stereocenters. The van der Waals surface area contributed by atoms with Gasteiger partial charge in [-0.15, -0.1) is 0 Å². The van der Waals surface area contributed by atoms with Crippen LogP contribution in [0.2, 0.25) is 0 Å². The maximum Gasteiger partial charge on any atom is 0.256 e. The maximum absolute atomic E-state index is 11.9. The third-order valence-electron chi connectivity index (χ3n) is 3.66. The standard InChI is InChI=1S/C16H14N2O2/c1-10-5-6-11(15-13(10)4-3-7-17-15)8-12-9-14(19)18(2)16(12)20/h3-7,9H,8H2,1-2H3. The summed E-state index contributed by atoms with van der Waals surface area (Å²) in [7, 11) is 1.50. The molecule has 0 aliphatic carbocycles. The predicted octanol–water partition coefficient (Wildman–Crippen LogP) is 2.01. The van der Waals surface area contributed by atoms with Crippen molar-refractivity contribution >= 4 is 22.7 Å². The van der Waals surface area contributed by atoms with E-state index in [4.69, 9.17) is 0 Å². The van der Waals surface area contributed by atoms with Crippen molar-refractivity contribution in [2.45, 2.75) is 13.3 Å². The summed E-state index contributed by atoms with van der Waals surface area (Å²) in [5.41, 5.74) is 3.53. The molecule has 1 aliphatic rings. The Morgan fingerprint density at radius 2 is 2.00 bits per heavy atom. The Morgan fingerprint density at radius 1 is 1.20 bits per heavy atom. The minimum atomic E-state index is -0.255. The van der Waals surface area contributed by atoms with Crippen LogP contribution in [-0.2, 0) is 16.0 Å². The monoisotopic (exact) mass is 266 g/mol. The van der Waals surface area contributed by atoms with Crippen LogP contribution in [0, 0.1) is 6.92 Å². The lowest BCUT2D eigenvalue weighted by Crippen LogP contribution is -2.26. The molecular weight excluding hydrogens is 252 g/mol. The molecule has 0 bridgehead atoms. The molecule has 2 amide bonds. The molecule has 1 aromatic carbocycles. The summed E-state index contributed by atoms with van der Waals surface area (Å²) < 4.78 is 0. The van der Waals surface area contributed by atoms with E-state index in [1.165, 1.54) is 13.1 Å². The Hall–Kier alpha value is -2.49. The lowest BCUT2D eigenvalue weighted by molar-refractivity contribution is -0.135. The van der Waals surface area contributed by atoms with Crippen molar-refractivity contribution in [1.29, 1.82) is 0 Å². The van der Waals surface area contributed by atoms with Crippen LogP contribution in [0.25, 0.3) is 10.9 Å². The van der Waals surface area contributed by atoms with Gasteiger partial charge in [-0.05, 0) is 24.1 Å². The first-order valence-electron chi connectivity index (χ1n) is 6.43. The van der Waals surface area contributed by atoms with Gasteiger partial charge in [-0.3, -0.25) is 19.5 Å². The number of aromatic nitrogens is 1. The molecule has 0 saturated heterocycles. The smallest absolute Gasteiger partial charge is 0.256 e. The summed E-state index contributed by atoms with van der Waals surface area (Å²) in [5.74, 6) is -0.478. The van der Waals surface area contributed by atoms with E-state index in [1.54, 1.807) is 6.20 Å². The lowest BCUT2D eigenvalue weighted by Gasteiger charge is -2.09. The molecule has 0 radical (unpaired) electrons. The molecule has 0 atom stereocenters. The minimum absolute atomic E-state index is 0.223. The van der Waals surface area contributed by atoms with Crippen LogP contribution in [0.4, 0.5) is 0 Å². The predicted molar refractivity (Wildman–Crippen MR) is 76.0 cm³/mol. The number of aryl methyl sites for hydroxylation is 1. The molecule has 0 fully saturated rings. The number of carbonyl (C=O) groups is 2. The summed E-state index contributed by atoms with van der Waals surface area (Å²) in [5, 5.41) is 1.08. The SMILES string of the molecule is Cc1ccc(CC2=CC(=O)N(C)C2=O)c2ncccc12. The molecule has 0 saturated carbocycles. The van der Waals surface area contributed by atoms with Gasteiger partial charge in [0.05, 0.1) is 5.52 Å². The summed E-state index contributed by atoms with van der Waals surface area (Å²) in [6, 6.07) is 7.91. The van der Waals surface area contributed by atoms with Gasteiger partial charge in [0.25, 0.3) is 11.8 Å². The molecule has 20 heavy (non-hydrogen) atoms. The third-order valence-corrected chi connectivity index (χ3v) is 3.66. The Balaban J connectivity index is 2.05. The normalized spacial score (nSPS) is 15.1. The molecule has 1 aliphatic heterocycles. The average molecular weight is 266 g/mol. The van der Waals surface area contributed by atoms with Gasteiger partial charge in [0.15, 0.2) is 0 Å². The molecule has 2 aromatic rings. The van der Waals surface area contributed by atoms with Gasteiger partial charge in [0.1, 0.15) is 0 Å². The van der Waals surface area contributed by atoms with E-state index in [9.17, 15) is 9.59 Å². The highest BCUT2D eigenvalue weighted by molar-refractivity contribution is 6.16. The fourth-order valence-corrected chi connectivity index (χ4v) is 2.47. The van der Waals surface area contributed by atoms with E-state index < -0.39 is 0 Å². The Labute approximate surface area is 116 Å². The zero-order valence-corrected chi connectivity index (χ0v) is 11.4. The molecule has 0 spiro atoms. The van der Waals surface area contributed by atoms with Crippen LogP contribution in [0.1, 0.15) is 11.1 Å². The highest BCUT2D eigenvalue weighted by Gasteiger charge is 2.27. The van der Waals surface area contributed by atoms with Gasteiger partial charge in [-0.1, -0.05) is 18.2 Å². The zero-order valence-electron chi connectivity index (χ0n) is 11.4. The second kappa shape index (κ2) is 4.56.